The largest absolute Gasteiger partial charge is 0.508 e. The van der Waals surface area contributed by atoms with Crippen LogP contribution in [0.25, 0.3) is 6.08 Å². The first kappa shape index (κ1) is 125. The van der Waals surface area contributed by atoms with Crippen molar-refractivity contribution < 1.29 is 139 Å². The predicted molar refractivity (Wildman–Crippen MR) is 569 cm³/mol. The molecule has 3 heterocycles. The van der Waals surface area contributed by atoms with E-state index < -0.39 is 44.1 Å². The molecule has 784 valence electrons. The summed E-state index contributed by atoms with van der Waals surface area (Å²) in [5, 5.41) is 43.7. The van der Waals surface area contributed by atoms with Crippen LogP contribution >= 0.6 is 63.7 Å². The van der Waals surface area contributed by atoms with Crippen LogP contribution in [-0.2, 0) is 57.5 Å². The third kappa shape index (κ3) is 46.4. The summed E-state index contributed by atoms with van der Waals surface area (Å²) in [6.45, 7) is 27.4. The van der Waals surface area contributed by atoms with Crippen molar-refractivity contribution in [3.8, 4) is 80.5 Å². The number of hydrogen-bond donors (Lipinski definition) is 5. The van der Waals surface area contributed by atoms with Gasteiger partial charge in [0.25, 0.3) is 0 Å². The molecule has 0 spiro atoms. The molecule has 3 amide bonds. The molecule has 0 saturated carbocycles. The molecule has 3 aliphatic rings. The van der Waals surface area contributed by atoms with E-state index in [-0.39, 0.29) is 79.0 Å². The number of aromatic hydroxyl groups is 1. The Labute approximate surface area is 897 Å². The van der Waals surface area contributed by atoms with Crippen LogP contribution in [0.4, 0.5) is 47.2 Å². The average molecular weight is 2330 g/mol. The number of anilines is 3. The van der Waals surface area contributed by atoms with E-state index in [1.54, 1.807) is 127 Å². The van der Waals surface area contributed by atoms with E-state index in [9.17, 15) is 53.4 Å². The van der Waals surface area contributed by atoms with Gasteiger partial charge in [-0.05, 0) is 314 Å². The number of nitrogen functional groups attached to an aromatic ring is 1. The maximum absolute atomic E-state index is 12.7. The van der Waals surface area contributed by atoms with Crippen molar-refractivity contribution in [1.82, 2.24) is 14.7 Å². The van der Waals surface area contributed by atoms with Crippen LogP contribution in [0.15, 0.2) is 249 Å². The number of aldehydes is 1. The van der Waals surface area contributed by atoms with Crippen molar-refractivity contribution in [2.24, 2.45) is 0 Å². The van der Waals surface area contributed by atoms with Crippen LogP contribution in [0, 0.1) is 26.0 Å². The molecule has 3 atom stereocenters. The molecular weight excluding hydrogens is 2210 g/mol. The predicted octanol–water partition coefficient (Wildman–Crippen LogP) is 25.8. The topological polar surface area (TPSA) is 418 Å². The van der Waals surface area contributed by atoms with Crippen molar-refractivity contribution in [2.45, 2.75) is 150 Å². The number of carbonyl (C=O) groups excluding carboxylic acids is 6. The number of nitrogens with one attached hydrogen (secondary N) is 2. The van der Waals surface area contributed by atoms with Crippen LogP contribution in [0.5, 0.6) is 80.5 Å². The molecule has 3 saturated heterocycles. The van der Waals surface area contributed by atoms with Crippen molar-refractivity contribution >= 4 is 135 Å². The number of nitrogens with two attached hydrogens (primary N) is 1. The molecule has 40 heteroatoms. The number of likely N-dealkylation sites (tertiary alicyclic amines) is 3. The van der Waals surface area contributed by atoms with E-state index in [0.29, 0.717) is 94.3 Å². The molecule has 34 nitrogen and oxygen atoms in total. The van der Waals surface area contributed by atoms with E-state index >= 15 is 0 Å². The summed E-state index contributed by atoms with van der Waals surface area (Å²) in [6.07, 6.45) is 9.47. The number of aliphatic hydroxyl groups is 1. The second-order valence-electron chi connectivity index (χ2n) is 33.9. The van der Waals surface area contributed by atoms with E-state index in [4.69, 9.17) is 77.5 Å². The fraction of sp³-hybridized carbons (Fsp3) is 0.340. The molecule has 3 aliphatic heterocycles. The minimum absolute atomic E-state index is 0. The number of amides is 3. The number of benzene rings is 10. The quantitative estimate of drug-likeness (QED) is 0.00466. The summed E-state index contributed by atoms with van der Waals surface area (Å²) in [7, 11) is 9.03. The van der Waals surface area contributed by atoms with Crippen molar-refractivity contribution in [2.75, 3.05) is 105 Å². The van der Waals surface area contributed by atoms with Gasteiger partial charge in [-0.1, -0.05) is 76.4 Å². The molecule has 10 aromatic carbocycles. The first-order valence-electron chi connectivity index (χ1n) is 45.5. The standard InChI is InChI=1S/C28H36N2O6.C23H29BrN2O4.C13H10BrNO4.C13H12BrNO2.C10H17NO3.C7H8O2.C6H3BrFNO2.C5H8O2.CH4O.Zn/c1-6-34-26(31)16-10-20-9-15-24(25(18-20)35-23-13-11-22(33-5)12-14-23)29-19-21-8-7-17-30(21)27(32)36-28(2,3)4;1-23(2,3)30-22(27)26-13-5-6-17(26)15-25-20-12-7-16(24)14-21(20)29-19-10-8-18(28-4)9-11-19;1-18-10-3-5-11(6-4-10)19-13-8-9(14)2-7-12(13)15(16)17;1-16-10-3-5-11(6-4-10)17-13-8-9(14)2-7-12(13)15;1-10(2,3)14-9(13)11-6-4-5-8(11)7-12;1-9-7-4-2-6(8)3-5-7;7-4-1-2-6(9(10)11)5(8)3-4;1-3-5(6)7-4-2;1-2;/h9-16,18,21,29H,6-8,17,19H2,1-5H3;7-12,14,17,25H,5-6,13,15H2,1-4H3;2-8H,1H3;2-8H,15H2,1H3;7-8H,4-6H2,1-3H3;2-5,8H,1H3;1-3H;3H,1,4H2,2H3;2H,1H3;/b16-10+;;;;;;;;;/t21-;17-;;;8-;;;;;/m00..0...../s1. The molecular formula is C106H127Br4FN8O26Zn. The molecule has 0 bridgehead atoms. The summed E-state index contributed by atoms with van der Waals surface area (Å²) >= 11 is 13.1. The number of aliphatic hydroxyl groups excluding tert-OH is 1. The number of phenols is 1. The molecule has 0 aliphatic carbocycles. The maximum Gasteiger partial charge on any atom is 0.410 e. The fourth-order valence-corrected chi connectivity index (χ4v) is 14.3. The van der Waals surface area contributed by atoms with Gasteiger partial charge in [-0.15, -0.1) is 0 Å². The molecule has 0 radical (unpaired) electrons. The Morgan fingerprint density at radius 2 is 0.774 bits per heavy atom. The number of esters is 2. The number of nitro benzene ring substituents is 2. The SMILES string of the molecule is C=CC(=O)OCC.CC(C)(C)OC(=O)N1CCC[C@H]1C=O.CCOC(=O)/C=C/c1ccc(NC[C@@H]2CCCN2C(=O)OC(C)(C)C)c(Oc2ccc(OC)cc2)c1.CO.COc1ccc(O)cc1.COc1ccc(Oc2cc(Br)ccc2N)cc1.COc1ccc(Oc2cc(Br)ccc2NC[C@@H]2CCCN2C(=O)OC(C)(C)C)cc1.COc1ccc(Oc2cc(Br)ccc2[N+](=O)[O-])cc1.O=[N+]([O-])c1ccc(Br)cc1F.[Zn]. The fourth-order valence-electron chi connectivity index (χ4n) is 12.9. The number of hydrogen-bond acceptors (Lipinski definition) is 29. The average Bonchev–Trinajstić information content (AvgIpc) is 1.53. The normalized spacial score (nSPS) is 13.5. The van der Waals surface area contributed by atoms with Crippen LogP contribution in [-0.4, -0.2) is 195 Å². The summed E-state index contributed by atoms with van der Waals surface area (Å²) in [5.41, 5.74) is 6.73. The van der Waals surface area contributed by atoms with Gasteiger partial charge < -0.3 is 107 Å². The van der Waals surface area contributed by atoms with Crippen molar-refractivity contribution in [3.63, 3.8) is 0 Å². The van der Waals surface area contributed by atoms with E-state index in [2.05, 4.69) is 85.7 Å². The van der Waals surface area contributed by atoms with Gasteiger partial charge in [0.15, 0.2) is 17.2 Å². The first-order valence-corrected chi connectivity index (χ1v) is 48.7. The number of phenolic OH excluding ortho intramolecular Hbond substituents is 1. The first-order chi connectivity index (χ1) is 68.9. The Morgan fingerprint density at radius 3 is 1.15 bits per heavy atom. The molecule has 146 heavy (non-hydrogen) atoms. The van der Waals surface area contributed by atoms with Gasteiger partial charge in [-0.3, -0.25) is 25.1 Å². The number of nitrogens with zero attached hydrogens (tertiary/aromatic N) is 5. The second-order valence-corrected chi connectivity index (χ2v) is 37.5. The van der Waals surface area contributed by atoms with Gasteiger partial charge >= 0.3 is 41.6 Å². The molecule has 3 fully saturated rings. The maximum atomic E-state index is 12.7. The molecule has 0 aromatic heterocycles. The van der Waals surface area contributed by atoms with Gasteiger partial charge in [-0.2, -0.15) is 4.39 Å². The Hall–Kier alpha value is -13.3. The molecule has 0 unspecified atom stereocenters. The zero-order valence-electron chi connectivity index (χ0n) is 84.8. The Bertz CT molecular complexity index is 5790. The second kappa shape index (κ2) is 64.6. The molecule has 10 aromatic rings. The third-order valence-corrected chi connectivity index (χ3v) is 21.6. The minimum atomic E-state index is -0.829. The van der Waals surface area contributed by atoms with E-state index in [1.165, 1.54) is 23.1 Å². The van der Waals surface area contributed by atoms with Crippen LogP contribution < -0.4 is 59.0 Å². The summed E-state index contributed by atoms with van der Waals surface area (Å²) in [4.78, 5) is 94.1. The molecule has 6 N–H and O–H groups in total. The Morgan fingerprint density at radius 1 is 0.452 bits per heavy atom. The number of ether oxygens (including phenoxy) is 14. The third-order valence-electron chi connectivity index (χ3n) is 19.7. The van der Waals surface area contributed by atoms with Gasteiger partial charge in [0.1, 0.15) is 80.6 Å². The van der Waals surface area contributed by atoms with Gasteiger partial charge in [0.2, 0.25) is 11.6 Å². The zero-order chi connectivity index (χ0) is 108. The summed E-state index contributed by atoms with van der Waals surface area (Å²) in [6, 6.07) is 60.4. The van der Waals surface area contributed by atoms with Gasteiger partial charge in [0, 0.05) is 108 Å². The Kier molecular flexibility index (Phi) is 55.3. The number of rotatable bonds is 27. The van der Waals surface area contributed by atoms with E-state index in [0.717, 1.165) is 131 Å². The van der Waals surface area contributed by atoms with Gasteiger partial charge in [-0.25, -0.2) is 24.0 Å². The number of halogens is 5. The van der Waals surface area contributed by atoms with E-state index in [1.807, 2.05) is 189 Å². The summed E-state index contributed by atoms with van der Waals surface area (Å²) < 4.78 is 90.3. The van der Waals surface area contributed by atoms with Gasteiger partial charge in [0.05, 0.1) is 93.8 Å². The number of methoxy groups -OCH3 is 5. The molecule has 13 rings (SSSR count). The Balaban J connectivity index is 0.000000364. The van der Waals surface area contributed by atoms with Crippen molar-refractivity contribution in [3.05, 3.63) is 281 Å². The zero-order valence-corrected chi connectivity index (χ0v) is 94.1. The monoisotopic (exact) mass is 2330 g/mol. The smallest absolute Gasteiger partial charge is 0.410 e. The summed E-state index contributed by atoms with van der Waals surface area (Å²) in [5.74, 6) is 7.10. The van der Waals surface area contributed by atoms with Crippen molar-refractivity contribution in [1.29, 1.82) is 0 Å². The van der Waals surface area contributed by atoms with Crippen LogP contribution in [0.2, 0.25) is 0 Å². The minimum Gasteiger partial charge on any atom is -0.508 e. The van der Waals surface area contributed by atoms with Crippen LogP contribution in [0.1, 0.15) is 120 Å². The number of nitro groups is 2. The van der Waals surface area contributed by atoms with Crippen LogP contribution in [0.3, 0.4) is 0 Å². The number of carbonyl (C=O) groups is 6.